The highest BCUT2D eigenvalue weighted by molar-refractivity contribution is 5.58. The van der Waals surface area contributed by atoms with Gasteiger partial charge in [-0.15, -0.1) is 0 Å². The number of nitrogens with two attached hydrogens (primary N) is 1. The zero-order valence-electron chi connectivity index (χ0n) is 8.47. The normalized spacial score (nSPS) is 11.1. The second-order valence-corrected chi connectivity index (χ2v) is 3.19. The summed E-state index contributed by atoms with van der Waals surface area (Å²) >= 11 is 0. The maximum Gasteiger partial charge on any atom is 0.146 e. The third kappa shape index (κ3) is 2.57. The van der Waals surface area contributed by atoms with E-state index in [1.165, 1.54) is 6.07 Å². The second kappa shape index (κ2) is 4.77. The maximum absolute atomic E-state index is 13.1. The summed E-state index contributed by atoms with van der Waals surface area (Å²) in [5.74, 6) is -0.361. The van der Waals surface area contributed by atoms with E-state index in [4.69, 9.17) is 5.73 Å². The molecule has 0 unspecified atom stereocenters. The molecule has 0 amide bonds. The molecule has 2 nitrogen and oxygen atoms in total. The van der Waals surface area contributed by atoms with Gasteiger partial charge in [0.15, 0.2) is 0 Å². The lowest BCUT2D eigenvalue weighted by Crippen LogP contribution is -2.03. The zero-order chi connectivity index (χ0) is 10.6. The highest BCUT2D eigenvalue weighted by atomic mass is 19.1. The van der Waals surface area contributed by atoms with E-state index in [2.05, 4.69) is 5.32 Å². The van der Waals surface area contributed by atoms with Gasteiger partial charge >= 0.3 is 0 Å². The van der Waals surface area contributed by atoms with Crippen molar-refractivity contribution in [2.75, 3.05) is 19.3 Å². The standard InChI is InChI=1S/C11H15FN2/c1-8-6-11(13)10(12)7-9(8)4-3-5-14-2/h3-4,6-7,14H,5,13H2,1-2H3. The Kier molecular flexibility index (Phi) is 3.65. The van der Waals surface area contributed by atoms with Crippen molar-refractivity contribution in [2.45, 2.75) is 6.92 Å². The van der Waals surface area contributed by atoms with Gasteiger partial charge in [-0.1, -0.05) is 12.2 Å². The van der Waals surface area contributed by atoms with E-state index < -0.39 is 0 Å². The van der Waals surface area contributed by atoms with E-state index in [1.807, 2.05) is 26.1 Å². The summed E-state index contributed by atoms with van der Waals surface area (Å²) in [7, 11) is 1.86. The fourth-order valence-corrected chi connectivity index (χ4v) is 1.20. The predicted molar refractivity (Wildman–Crippen MR) is 58.5 cm³/mol. The summed E-state index contributed by atoms with van der Waals surface area (Å²) in [6.45, 7) is 2.68. The van der Waals surface area contributed by atoms with Crippen molar-refractivity contribution in [1.82, 2.24) is 5.32 Å². The monoisotopic (exact) mass is 194 g/mol. The van der Waals surface area contributed by atoms with Crippen molar-refractivity contribution in [3.63, 3.8) is 0 Å². The Morgan fingerprint density at radius 2 is 2.21 bits per heavy atom. The number of hydrogen-bond acceptors (Lipinski definition) is 2. The van der Waals surface area contributed by atoms with Gasteiger partial charge in [-0.25, -0.2) is 4.39 Å². The Hall–Kier alpha value is -1.35. The van der Waals surface area contributed by atoms with Crippen molar-refractivity contribution in [2.24, 2.45) is 0 Å². The number of nitrogen functional groups attached to an aromatic ring is 1. The first-order chi connectivity index (χ1) is 6.65. The van der Waals surface area contributed by atoms with Crippen molar-refractivity contribution in [3.05, 3.63) is 35.2 Å². The Morgan fingerprint density at radius 1 is 1.50 bits per heavy atom. The average Bonchev–Trinajstić information content (AvgIpc) is 2.14. The van der Waals surface area contributed by atoms with Crippen LogP contribution in [0, 0.1) is 12.7 Å². The third-order valence-electron chi connectivity index (χ3n) is 2.00. The summed E-state index contributed by atoms with van der Waals surface area (Å²) in [5, 5.41) is 2.98. The Balaban J connectivity index is 2.92. The minimum absolute atomic E-state index is 0.202. The van der Waals surface area contributed by atoms with E-state index in [0.29, 0.717) is 0 Å². The minimum Gasteiger partial charge on any atom is -0.396 e. The lowest BCUT2D eigenvalue weighted by molar-refractivity contribution is 0.632. The summed E-state index contributed by atoms with van der Waals surface area (Å²) in [5.41, 5.74) is 7.49. The minimum atomic E-state index is -0.361. The lowest BCUT2D eigenvalue weighted by Gasteiger charge is -2.03. The van der Waals surface area contributed by atoms with Gasteiger partial charge in [0.1, 0.15) is 5.82 Å². The van der Waals surface area contributed by atoms with Crippen LogP contribution in [0.5, 0.6) is 0 Å². The quantitative estimate of drug-likeness (QED) is 0.722. The zero-order valence-corrected chi connectivity index (χ0v) is 8.47. The van der Waals surface area contributed by atoms with Gasteiger partial charge in [0, 0.05) is 6.54 Å². The lowest BCUT2D eigenvalue weighted by atomic mass is 10.1. The van der Waals surface area contributed by atoms with Crippen molar-refractivity contribution in [1.29, 1.82) is 0 Å². The van der Waals surface area contributed by atoms with E-state index in [-0.39, 0.29) is 11.5 Å². The van der Waals surface area contributed by atoms with Gasteiger partial charge in [0.2, 0.25) is 0 Å². The molecule has 0 fully saturated rings. The number of halogens is 1. The molecule has 1 rings (SSSR count). The molecule has 14 heavy (non-hydrogen) atoms. The van der Waals surface area contributed by atoms with Crippen molar-refractivity contribution in [3.8, 4) is 0 Å². The highest BCUT2D eigenvalue weighted by Crippen LogP contribution is 2.17. The first kappa shape index (κ1) is 10.7. The molecule has 3 heteroatoms. The first-order valence-corrected chi connectivity index (χ1v) is 4.52. The van der Waals surface area contributed by atoms with Crippen LogP contribution in [-0.4, -0.2) is 13.6 Å². The number of nitrogens with one attached hydrogen (secondary N) is 1. The molecule has 0 saturated carbocycles. The van der Waals surface area contributed by atoms with Crippen LogP contribution in [0.4, 0.5) is 10.1 Å². The topological polar surface area (TPSA) is 38.0 Å². The van der Waals surface area contributed by atoms with Crippen LogP contribution in [0.2, 0.25) is 0 Å². The molecule has 0 aromatic heterocycles. The molecule has 76 valence electrons. The number of benzene rings is 1. The van der Waals surface area contributed by atoms with Gasteiger partial charge in [0.25, 0.3) is 0 Å². The molecule has 0 aliphatic rings. The summed E-state index contributed by atoms with van der Waals surface area (Å²) in [6, 6.07) is 3.10. The van der Waals surface area contributed by atoms with Gasteiger partial charge < -0.3 is 11.1 Å². The van der Waals surface area contributed by atoms with E-state index in [9.17, 15) is 4.39 Å². The van der Waals surface area contributed by atoms with E-state index in [1.54, 1.807) is 6.07 Å². The summed E-state index contributed by atoms with van der Waals surface area (Å²) in [6.07, 6.45) is 3.83. The fourth-order valence-electron chi connectivity index (χ4n) is 1.20. The maximum atomic E-state index is 13.1. The highest BCUT2D eigenvalue weighted by Gasteiger charge is 2.01. The van der Waals surface area contributed by atoms with Crippen LogP contribution < -0.4 is 11.1 Å². The number of aryl methyl sites for hydroxylation is 1. The molecule has 0 spiro atoms. The van der Waals surface area contributed by atoms with E-state index >= 15 is 0 Å². The first-order valence-electron chi connectivity index (χ1n) is 4.52. The van der Waals surface area contributed by atoms with Gasteiger partial charge in [-0.05, 0) is 37.2 Å². The van der Waals surface area contributed by atoms with Crippen LogP contribution in [0.1, 0.15) is 11.1 Å². The van der Waals surface area contributed by atoms with E-state index in [0.717, 1.165) is 17.7 Å². The molecule has 0 radical (unpaired) electrons. The van der Waals surface area contributed by atoms with Crippen LogP contribution >= 0.6 is 0 Å². The molecule has 0 saturated heterocycles. The molecule has 0 aliphatic carbocycles. The number of rotatable bonds is 3. The fraction of sp³-hybridized carbons (Fsp3) is 0.273. The number of hydrogen-bond donors (Lipinski definition) is 2. The van der Waals surface area contributed by atoms with Gasteiger partial charge in [0.05, 0.1) is 5.69 Å². The second-order valence-electron chi connectivity index (χ2n) is 3.19. The number of anilines is 1. The summed E-state index contributed by atoms with van der Waals surface area (Å²) < 4.78 is 13.1. The Bertz CT molecular complexity index is 345. The predicted octanol–water partition coefficient (Wildman–Crippen LogP) is 1.95. The molecule has 0 aliphatic heterocycles. The Morgan fingerprint density at radius 3 is 2.86 bits per heavy atom. The molecule has 3 N–H and O–H groups in total. The SMILES string of the molecule is CNCC=Cc1cc(F)c(N)cc1C. The van der Waals surface area contributed by atoms with Crippen molar-refractivity contribution >= 4 is 11.8 Å². The molecular formula is C11H15FN2. The third-order valence-corrected chi connectivity index (χ3v) is 2.00. The Labute approximate surface area is 83.6 Å². The molecule has 0 bridgehead atoms. The smallest absolute Gasteiger partial charge is 0.146 e. The molecular weight excluding hydrogens is 179 g/mol. The number of likely N-dealkylation sites (N-methyl/N-ethyl adjacent to an activating group) is 1. The van der Waals surface area contributed by atoms with Gasteiger partial charge in [-0.3, -0.25) is 0 Å². The summed E-state index contributed by atoms with van der Waals surface area (Å²) in [4.78, 5) is 0. The van der Waals surface area contributed by atoms with Gasteiger partial charge in [-0.2, -0.15) is 0 Å². The van der Waals surface area contributed by atoms with Crippen molar-refractivity contribution < 1.29 is 4.39 Å². The molecule has 0 atom stereocenters. The van der Waals surface area contributed by atoms with Crippen LogP contribution in [0.25, 0.3) is 6.08 Å². The molecule has 0 heterocycles. The molecule has 1 aromatic rings. The molecule has 1 aromatic carbocycles. The average molecular weight is 194 g/mol. The van der Waals surface area contributed by atoms with Crippen LogP contribution in [0.3, 0.4) is 0 Å². The van der Waals surface area contributed by atoms with Crippen LogP contribution in [-0.2, 0) is 0 Å². The largest absolute Gasteiger partial charge is 0.396 e. The van der Waals surface area contributed by atoms with Crippen LogP contribution in [0.15, 0.2) is 18.2 Å².